The highest BCUT2D eigenvalue weighted by Crippen LogP contribution is 2.26. The molecule has 1 aliphatic rings. The molecule has 7 heteroatoms. The van der Waals surface area contributed by atoms with E-state index in [4.69, 9.17) is 0 Å². The molecule has 0 saturated carbocycles. The topological polar surface area (TPSA) is 75.2 Å². The van der Waals surface area contributed by atoms with Gasteiger partial charge in [0.1, 0.15) is 12.1 Å². The summed E-state index contributed by atoms with van der Waals surface area (Å²) in [6, 6.07) is 5.06. The third kappa shape index (κ3) is 2.03. The van der Waals surface area contributed by atoms with Gasteiger partial charge in [-0.05, 0) is 40.8 Å². The van der Waals surface area contributed by atoms with Gasteiger partial charge < -0.3 is 5.32 Å². The van der Waals surface area contributed by atoms with E-state index >= 15 is 0 Å². The van der Waals surface area contributed by atoms with Crippen molar-refractivity contribution < 1.29 is 9.59 Å². The molecule has 0 aliphatic carbocycles. The maximum Gasteiger partial charge on any atom is 0.261 e. The Morgan fingerprint density at radius 1 is 1.20 bits per heavy atom. The highest BCUT2D eigenvalue weighted by Gasteiger charge is 2.32. The van der Waals surface area contributed by atoms with E-state index in [1.54, 1.807) is 24.4 Å². The van der Waals surface area contributed by atoms with Crippen LogP contribution in [0.1, 0.15) is 20.7 Å². The van der Waals surface area contributed by atoms with Crippen LogP contribution in [0.3, 0.4) is 0 Å². The number of carbonyl (C=O) groups is 2. The smallest absolute Gasteiger partial charge is 0.261 e. The standard InChI is InChI=1S/C13H9IN4O2/c1-18-12(19)8-3-2-7(4-9(8)13(18)20)17-11-10(14)5-15-6-16-11/h2-6H,1H3,(H,15,16,17). The molecule has 1 N–H and O–H groups in total. The van der Waals surface area contributed by atoms with Crippen molar-refractivity contribution in [2.75, 3.05) is 12.4 Å². The van der Waals surface area contributed by atoms with Crippen LogP contribution in [0.2, 0.25) is 0 Å². The number of halogens is 1. The van der Waals surface area contributed by atoms with Crippen molar-refractivity contribution in [3.8, 4) is 0 Å². The second kappa shape index (κ2) is 4.82. The summed E-state index contributed by atoms with van der Waals surface area (Å²) < 4.78 is 0.866. The van der Waals surface area contributed by atoms with Gasteiger partial charge in [-0.3, -0.25) is 14.5 Å². The minimum atomic E-state index is -0.286. The number of fused-ring (bicyclic) bond motifs is 1. The number of imide groups is 1. The molecular weight excluding hydrogens is 371 g/mol. The molecule has 0 fully saturated rings. The van der Waals surface area contributed by atoms with Crippen LogP contribution in [0.5, 0.6) is 0 Å². The zero-order chi connectivity index (χ0) is 14.3. The van der Waals surface area contributed by atoms with Crippen molar-refractivity contribution >= 4 is 45.9 Å². The first kappa shape index (κ1) is 13.0. The molecular formula is C13H9IN4O2. The first-order valence-electron chi connectivity index (χ1n) is 5.77. The summed E-state index contributed by atoms with van der Waals surface area (Å²) in [6.45, 7) is 0. The molecule has 0 unspecified atom stereocenters. The van der Waals surface area contributed by atoms with E-state index in [1.165, 1.54) is 13.4 Å². The summed E-state index contributed by atoms with van der Waals surface area (Å²) in [7, 11) is 1.48. The monoisotopic (exact) mass is 380 g/mol. The van der Waals surface area contributed by atoms with Crippen LogP contribution in [0.4, 0.5) is 11.5 Å². The summed E-state index contributed by atoms with van der Waals surface area (Å²) in [5, 5.41) is 3.11. The summed E-state index contributed by atoms with van der Waals surface area (Å²) in [5.41, 5.74) is 1.55. The molecule has 0 bridgehead atoms. The van der Waals surface area contributed by atoms with Gasteiger partial charge in [-0.2, -0.15) is 0 Å². The molecule has 1 aromatic carbocycles. The molecule has 2 aromatic rings. The number of nitrogens with zero attached hydrogens (tertiary/aromatic N) is 3. The Labute approximate surface area is 128 Å². The van der Waals surface area contributed by atoms with Crippen LogP contribution < -0.4 is 5.32 Å². The summed E-state index contributed by atoms with van der Waals surface area (Å²) in [5.74, 6) is 0.102. The third-order valence-corrected chi connectivity index (χ3v) is 3.81. The SMILES string of the molecule is CN1C(=O)c2ccc(Nc3ncncc3I)cc2C1=O. The lowest BCUT2D eigenvalue weighted by Crippen LogP contribution is -2.24. The third-order valence-electron chi connectivity index (χ3n) is 3.02. The minimum absolute atomic E-state index is 0.270. The van der Waals surface area contributed by atoms with Crippen molar-refractivity contribution in [1.29, 1.82) is 0 Å². The lowest BCUT2D eigenvalue weighted by Gasteiger charge is -2.07. The molecule has 20 heavy (non-hydrogen) atoms. The quantitative estimate of drug-likeness (QED) is 0.638. The number of amides is 2. The van der Waals surface area contributed by atoms with Crippen molar-refractivity contribution in [3.63, 3.8) is 0 Å². The van der Waals surface area contributed by atoms with E-state index in [2.05, 4.69) is 37.9 Å². The van der Waals surface area contributed by atoms with Crippen LogP contribution in [0.15, 0.2) is 30.7 Å². The Balaban J connectivity index is 1.97. The fourth-order valence-corrected chi connectivity index (χ4v) is 2.42. The average Bonchev–Trinajstić information content (AvgIpc) is 2.66. The Hall–Kier alpha value is -2.03. The number of anilines is 2. The largest absolute Gasteiger partial charge is 0.339 e. The normalized spacial score (nSPS) is 13.6. The number of hydrogen-bond donors (Lipinski definition) is 1. The number of benzene rings is 1. The van der Waals surface area contributed by atoms with E-state index in [1.807, 2.05) is 0 Å². The fraction of sp³-hybridized carbons (Fsp3) is 0.0769. The molecule has 3 rings (SSSR count). The molecule has 1 aromatic heterocycles. The number of nitrogens with one attached hydrogen (secondary N) is 1. The Bertz CT molecular complexity index is 732. The predicted molar refractivity (Wildman–Crippen MR) is 80.9 cm³/mol. The van der Waals surface area contributed by atoms with Gasteiger partial charge in [0.15, 0.2) is 0 Å². The van der Waals surface area contributed by atoms with Gasteiger partial charge in [-0.1, -0.05) is 0 Å². The van der Waals surface area contributed by atoms with E-state index < -0.39 is 0 Å². The van der Waals surface area contributed by atoms with Crippen molar-refractivity contribution in [1.82, 2.24) is 14.9 Å². The first-order chi connectivity index (χ1) is 9.58. The summed E-state index contributed by atoms with van der Waals surface area (Å²) in [4.78, 5) is 32.9. The van der Waals surface area contributed by atoms with Crippen molar-refractivity contribution in [2.24, 2.45) is 0 Å². The van der Waals surface area contributed by atoms with Gasteiger partial charge in [-0.25, -0.2) is 9.97 Å². The van der Waals surface area contributed by atoms with Gasteiger partial charge in [0.2, 0.25) is 0 Å². The first-order valence-corrected chi connectivity index (χ1v) is 6.85. The van der Waals surface area contributed by atoms with E-state index in [9.17, 15) is 9.59 Å². The van der Waals surface area contributed by atoms with Crippen molar-refractivity contribution in [3.05, 3.63) is 45.4 Å². The van der Waals surface area contributed by atoms with Gasteiger partial charge in [0, 0.05) is 18.9 Å². The molecule has 0 radical (unpaired) electrons. The fourth-order valence-electron chi connectivity index (χ4n) is 1.98. The molecule has 2 amide bonds. The van der Waals surface area contributed by atoms with Crippen molar-refractivity contribution in [2.45, 2.75) is 0 Å². The van der Waals surface area contributed by atoms with E-state index in [0.29, 0.717) is 22.6 Å². The molecule has 6 nitrogen and oxygen atoms in total. The van der Waals surface area contributed by atoms with Crippen LogP contribution in [0.25, 0.3) is 0 Å². The zero-order valence-electron chi connectivity index (χ0n) is 10.4. The molecule has 0 atom stereocenters. The maximum absolute atomic E-state index is 11.9. The van der Waals surface area contributed by atoms with Crippen LogP contribution in [-0.4, -0.2) is 33.7 Å². The van der Waals surface area contributed by atoms with E-state index in [0.717, 1.165) is 8.47 Å². The van der Waals surface area contributed by atoms with Gasteiger partial charge >= 0.3 is 0 Å². The van der Waals surface area contributed by atoms with Gasteiger partial charge in [0.25, 0.3) is 11.8 Å². The Morgan fingerprint density at radius 2 is 1.95 bits per heavy atom. The second-order valence-electron chi connectivity index (χ2n) is 4.27. The number of carbonyl (C=O) groups excluding carboxylic acids is 2. The lowest BCUT2D eigenvalue weighted by atomic mass is 10.1. The summed E-state index contributed by atoms with van der Waals surface area (Å²) >= 11 is 2.12. The van der Waals surface area contributed by atoms with Crippen LogP contribution in [-0.2, 0) is 0 Å². The lowest BCUT2D eigenvalue weighted by molar-refractivity contribution is 0.0693. The highest BCUT2D eigenvalue weighted by molar-refractivity contribution is 14.1. The van der Waals surface area contributed by atoms with Crippen LogP contribution >= 0.6 is 22.6 Å². The molecule has 1 aliphatic heterocycles. The summed E-state index contributed by atoms with van der Waals surface area (Å²) in [6.07, 6.45) is 3.13. The van der Waals surface area contributed by atoms with Gasteiger partial charge in [-0.15, -0.1) is 0 Å². The molecule has 100 valence electrons. The number of rotatable bonds is 2. The predicted octanol–water partition coefficient (Wildman–Crippen LogP) is 2.05. The van der Waals surface area contributed by atoms with Crippen LogP contribution in [0, 0.1) is 3.57 Å². The number of hydrogen-bond acceptors (Lipinski definition) is 5. The highest BCUT2D eigenvalue weighted by atomic mass is 127. The zero-order valence-corrected chi connectivity index (χ0v) is 12.6. The number of aromatic nitrogens is 2. The van der Waals surface area contributed by atoms with E-state index in [-0.39, 0.29) is 11.8 Å². The Morgan fingerprint density at radius 3 is 2.70 bits per heavy atom. The molecule has 2 heterocycles. The Kier molecular flexibility index (Phi) is 3.13. The minimum Gasteiger partial charge on any atom is -0.339 e. The second-order valence-corrected chi connectivity index (χ2v) is 5.44. The molecule has 0 spiro atoms. The molecule has 0 saturated heterocycles. The maximum atomic E-state index is 11.9. The average molecular weight is 380 g/mol. The van der Waals surface area contributed by atoms with Gasteiger partial charge in [0.05, 0.1) is 14.7 Å².